The highest BCUT2D eigenvalue weighted by Crippen LogP contribution is 2.25. The first kappa shape index (κ1) is 11.8. The number of rotatable bonds is 1. The van der Waals surface area contributed by atoms with E-state index in [-0.39, 0.29) is 34.0 Å². The van der Waals surface area contributed by atoms with Gasteiger partial charge in [0.2, 0.25) is 0 Å². The van der Waals surface area contributed by atoms with Crippen molar-refractivity contribution >= 4 is 28.6 Å². The average Bonchev–Trinajstić information content (AvgIpc) is 1.96. The first-order valence-corrected chi connectivity index (χ1v) is 3.34. The monoisotopic (exact) mass is 247 g/mol. The smallest absolute Gasteiger partial charge is 0.337 e. The minimum atomic E-state index is -1.13. The Kier molecular flexibility index (Phi) is 3.74. The van der Waals surface area contributed by atoms with E-state index in [0.29, 0.717) is 5.56 Å². The summed E-state index contributed by atoms with van der Waals surface area (Å²) in [6, 6.07) is 2.83. The maximum atomic E-state index is 10.5. The van der Waals surface area contributed by atoms with Crippen molar-refractivity contribution in [3.05, 3.63) is 23.3 Å². The molecule has 0 heterocycles. The van der Waals surface area contributed by atoms with Crippen molar-refractivity contribution in [2.75, 3.05) is 5.73 Å². The van der Waals surface area contributed by atoms with Crippen LogP contribution in [0.25, 0.3) is 0 Å². The number of carboxylic acid groups (broad SMARTS) is 1. The van der Waals surface area contributed by atoms with Crippen LogP contribution >= 0.6 is 17.0 Å². The number of aromatic carboxylic acids is 1. The van der Waals surface area contributed by atoms with Crippen molar-refractivity contribution in [2.24, 2.45) is 0 Å². The number of carbonyl (C=O) groups is 1. The third kappa shape index (κ3) is 2.35. The molecule has 0 aliphatic carbocycles. The first-order chi connectivity index (χ1) is 5.52. The molecule has 0 unspecified atom stereocenters. The Morgan fingerprint density at radius 1 is 1.46 bits per heavy atom. The van der Waals surface area contributed by atoms with Crippen molar-refractivity contribution in [3.63, 3.8) is 0 Å². The summed E-state index contributed by atoms with van der Waals surface area (Å²) >= 11 is 0. The highest BCUT2D eigenvalue weighted by Gasteiger charge is 2.11. The molecule has 1 aromatic carbocycles. The van der Waals surface area contributed by atoms with Gasteiger partial charge < -0.3 is 15.9 Å². The van der Waals surface area contributed by atoms with E-state index < -0.39 is 5.97 Å². The molecule has 0 spiro atoms. The summed E-state index contributed by atoms with van der Waals surface area (Å²) in [6.07, 6.45) is 0. The first-order valence-electron chi connectivity index (χ1n) is 3.34. The zero-order chi connectivity index (χ0) is 9.30. The van der Waals surface area contributed by atoms with Gasteiger partial charge in [-0.15, -0.1) is 17.0 Å². The molecule has 0 saturated heterocycles. The molecule has 0 bridgehead atoms. The van der Waals surface area contributed by atoms with Crippen LogP contribution in [0, 0.1) is 6.92 Å². The number of aryl methyl sites for hydroxylation is 1. The second-order valence-electron chi connectivity index (χ2n) is 2.55. The van der Waals surface area contributed by atoms with Crippen molar-refractivity contribution < 1.29 is 15.0 Å². The Hall–Kier alpha value is -1.23. The highest BCUT2D eigenvalue weighted by molar-refractivity contribution is 8.93. The van der Waals surface area contributed by atoms with Gasteiger partial charge in [-0.2, -0.15) is 0 Å². The zero-order valence-corrected chi connectivity index (χ0v) is 8.66. The van der Waals surface area contributed by atoms with Crippen LogP contribution in [0.15, 0.2) is 12.1 Å². The molecule has 0 amide bonds. The van der Waals surface area contributed by atoms with E-state index in [0.717, 1.165) is 0 Å². The SMILES string of the molecule is Br.Cc1cc(O)c(N)c(C(=O)O)c1. The van der Waals surface area contributed by atoms with E-state index >= 15 is 0 Å². The van der Waals surface area contributed by atoms with Crippen LogP contribution in [0.3, 0.4) is 0 Å². The molecule has 4 N–H and O–H groups in total. The van der Waals surface area contributed by atoms with Gasteiger partial charge in [0.05, 0.1) is 11.3 Å². The molecule has 5 heteroatoms. The van der Waals surface area contributed by atoms with Crippen LogP contribution < -0.4 is 5.73 Å². The summed E-state index contributed by atoms with van der Waals surface area (Å²) < 4.78 is 0. The fraction of sp³-hybridized carbons (Fsp3) is 0.125. The number of nitrogens with two attached hydrogens (primary N) is 1. The normalized spacial score (nSPS) is 9.00. The van der Waals surface area contributed by atoms with Gasteiger partial charge in [-0.1, -0.05) is 0 Å². The molecule has 0 fully saturated rings. The Morgan fingerprint density at radius 3 is 2.46 bits per heavy atom. The van der Waals surface area contributed by atoms with Crippen LogP contribution in [0.2, 0.25) is 0 Å². The minimum Gasteiger partial charge on any atom is -0.506 e. The molecule has 72 valence electrons. The van der Waals surface area contributed by atoms with Gasteiger partial charge in [-0.05, 0) is 24.6 Å². The summed E-state index contributed by atoms with van der Waals surface area (Å²) in [7, 11) is 0. The molecule has 1 aromatic rings. The fourth-order valence-electron chi connectivity index (χ4n) is 0.955. The molecule has 0 radical (unpaired) electrons. The molecular weight excluding hydrogens is 238 g/mol. The van der Waals surface area contributed by atoms with Crippen molar-refractivity contribution in [2.45, 2.75) is 6.92 Å². The summed E-state index contributed by atoms with van der Waals surface area (Å²) in [5, 5.41) is 17.8. The van der Waals surface area contributed by atoms with Crippen LogP contribution in [0.4, 0.5) is 5.69 Å². The van der Waals surface area contributed by atoms with Gasteiger partial charge in [0.25, 0.3) is 0 Å². The number of halogens is 1. The fourth-order valence-corrected chi connectivity index (χ4v) is 0.955. The summed E-state index contributed by atoms with van der Waals surface area (Å²) in [5.74, 6) is -1.32. The van der Waals surface area contributed by atoms with Crippen molar-refractivity contribution in [1.29, 1.82) is 0 Å². The lowest BCUT2D eigenvalue weighted by molar-refractivity contribution is 0.0697. The quantitative estimate of drug-likeness (QED) is 0.520. The Bertz CT molecular complexity index is 338. The van der Waals surface area contributed by atoms with Gasteiger partial charge in [0.1, 0.15) is 5.75 Å². The van der Waals surface area contributed by atoms with E-state index in [9.17, 15) is 4.79 Å². The van der Waals surface area contributed by atoms with Crippen molar-refractivity contribution in [3.8, 4) is 5.75 Å². The number of aromatic hydroxyl groups is 1. The minimum absolute atomic E-state index is 0. The van der Waals surface area contributed by atoms with Gasteiger partial charge in [-0.25, -0.2) is 4.79 Å². The largest absolute Gasteiger partial charge is 0.506 e. The Morgan fingerprint density at radius 2 is 2.00 bits per heavy atom. The lowest BCUT2D eigenvalue weighted by atomic mass is 10.1. The number of phenols is 1. The van der Waals surface area contributed by atoms with Crippen LogP contribution in [-0.4, -0.2) is 16.2 Å². The van der Waals surface area contributed by atoms with Gasteiger partial charge in [0, 0.05) is 0 Å². The predicted molar refractivity (Wildman–Crippen MR) is 54.5 cm³/mol. The molecule has 1 rings (SSSR count). The maximum absolute atomic E-state index is 10.5. The molecule has 0 aromatic heterocycles. The number of nitrogen functional groups attached to an aromatic ring is 1. The number of benzene rings is 1. The lowest BCUT2D eigenvalue weighted by Crippen LogP contribution is -2.02. The molecule has 0 saturated carbocycles. The number of hydrogen-bond acceptors (Lipinski definition) is 3. The maximum Gasteiger partial charge on any atom is 0.337 e. The molecule has 0 aliphatic rings. The number of hydrogen-bond donors (Lipinski definition) is 3. The molecule has 0 aliphatic heterocycles. The Balaban J connectivity index is 0.00000144. The standard InChI is InChI=1S/C8H9NO3.BrH/c1-4-2-5(8(11)12)7(9)6(10)3-4;/h2-3,10H,9H2,1H3,(H,11,12);1H. The average molecular weight is 248 g/mol. The summed E-state index contributed by atoms with van der Waals surface area (Å²) in [5.41, 5.74) is 5.84. The number of carboxylic acids is 1. The predicted octanol–water partition coefficient (Wildman–Crippen LogP) is 1.56. The number of anilines is 1. The second-order valence-corrected chi connectivity index (χ2v) is 2.55. The van der Waals surface area contributed by atoms with Crippen LogP contribution in [-0.2, 0) is 0 Å². The van der Waals surface area contributed by atoms with E-state index in [1.807, 2.05) is 0 Å². The molecule has 4 nitrogen and oxygen atoms in total. The second kappa shape index (κ2) is 4.13. The van der Waals surface area contributed by atoms with Gasteiger partial charge >= 0.3 is 5.97 Å². The lowest BCUT2D eigenvalue weighted by Gasteiger charge is -2.04. The van der Waals surface area contributed by atoms with Crippen LogP contribution in [0.5, 0.6) is 5.75 Å². The number of phenolic OH excluding ortho intramolecular Hbond substituents is 1. The van der Waals surface area contributed by atoms with Crippen LogP contribution in [0.1, 0.15) is 15.9 Å². The molecule has 13 heavy (non-hydrogen) atoms. The summed E-state index contributed by atoms with van der Waals surface area (Å²) in [4.78, 5) is 10.5. The highest BCUT2D eigenvalue weighted by atomic mass is 79.9. The molecule has 0 atom stereocenters. The van der Waals surface area contributed by atoms with E-state index in [1.54, 1.807) is 6.92 Å². The zero-order valence-electron chi connectivity index (χ0n) is 6.94. The third-order valence-corrected chi connectivity index (χ3v) is 1.53. The van der Waals surface area contributed by atoms with E-state index in [1.165, 1.54) is 12.1 Å². The summed E-state index contributed by atoms with van der Waals surface area (Å²) in [6.45, 7) is 1.69. The Labute approximate surface area is 85.8 Å². The van der Waals surface area contributed by atoms with E-state index in [2.05, 4.69) is 0 Å². The van der Waals surface area contributed by atoms with Crippen molar-refractivity contribution in [1.82, 2.24) is 0 Å². The van der Waals surface area contributed by atoms with Gasteiger partial charge in [0.15, 0.2) is 0 Å². The van der Waals surface area contributed by atoms with E-state index in [4.69, 9.17) is 15.9 Å². The topological polar surface area (TPSA) is 83.5 Å². The third-order valence-electron chi connectivity index (χ3n) is 1.53. The molecular formula is C8H10BrNO3. The van der Waals surface area contributed by atoms with Gasteiger partial charge in [-0.3, -0.25) is 0 Å².